The number of nitrogens with zero attached hydrogens (tertiary/aromatic N) is 4. The molecule has 10 rings (SSSR count). The highest BCUT2D eigenvalue weighted by molar-refractivity contribution is 7.92. The van der Waals surface area contributed by atoms with Crippen LogP contribution in [0.25, 0.3) is 0 Å². The van der Waals surface area contributed by atoms with Crippen LogP contribution in [0.2, 0.25) is 0 Å². The van der Waals surface area contributed by atoms with Gasteiger partial charge in [0, 0.05) is 74.9 Å². The van der Waals surface area contributed by atoms with E-state index in [2.05, 4.69) is 11.6 Å². The lowest BCUT2D eigenvalue weighted by atomic mass is 9.73. The van der Waals surface area contributed by atoms with Crippen molar-refractivity contribution in [3.8, 4) is 5.75 Å². The van der Waals surface area contributed by atoms with E-state index < -0.39 is 27.8 Å². The van der Waals surface area contributed by atoms with Crippen LogP contribution in [-0.4, -0.2) is 44.9 Å². The topological polar surface area (TPSA) is 137 Å². The van der Waals surface area contributed by atoms with Crippen molar-refractivity contribution in [3.63, 3.8) is 0 Å². The Hall–Kier alpha value is -8.81. The van der Waals surface area contributed by atoms with Crippen molar-refractivity contribution in [3.05, 3.63) is 231 Å². The van der Waals surface area contributed by atoms with Gasteiger partial charge < -0.3 is 4.74 Å². The highest BCUT2D eigenvalue weighted by Crippen LogP contribution is 2.43. The number of methoxy groups -OCH3 is 1. The van der Waals surface area contributed by atoms with Crippen molar-refractivity contribution >= 4 is 84.8 Å². The van der Waals surface area contributed by atoms with Crippen LogP contribution in [0.3, 0.4) is 0 Å². The average molecular weight is 1140 g/mol. The normalized spacial score (nSPS) is 16.0. The monoisotopic (exact) mass is 1140 g/mol. The number of hydrogen-bond acceptors (Lipinski definition) is 7. The van der Waals surface area contributed by atoms with E-state index in [0.717, 1.165) is 96.2 Å². The van der Waals surface area contributed by atoms with Gasteiger partial charge in [0.25, 0.3) is 0 Å². The maximum absolute atomic E-state index is 14.9. The van der Waals surface area contributed by atoms with Crippen molar-refractivity contribution in [2.24, 2.45) is 23.7 Å². The van der Waals surface area contributed by atoms with Gasteiger partial charge in [0.2, 0.25) is 33.7 Å². The molecule has 0 aliphatic heterocycles. The fourth-order valence-corrected chi connectivity index (χ4v) is 12.6. The van der Waals surface area contributed by atoms with E-state index in [1.54, 1.807) is 51.0 Å². The van der Waals surface area contributed by atoms with Gasteiger partial charge in [-0.25, -0.2) is 8.42 Å². The lowest BCUT2D eigenvalue weighted by Crippen LogP contribution is -2.45. The number of carbonyl (C=O) groups is 4. The number of rotatable bonds is 20. The van der Waals surface area contributed by atoms with Crippen LogP contribution in [0.1, 0.15) is 84.0 Å². The fourth-order valence-electron chi connectivity index (χ4n) is 11.4. The minimum Gasteiger partial charge on any atom is -0.497 e. The zero-order valence-corrected chi connectivity index (χ0v) is 48.8. The van der Waals surface area contributed by atoms with Crippen LogP contribution in [0.15, 0.2) is 231 Å². The first-order chi connectivity index (χ1) is 41.0. The number of benzene rings is 8. The number of anilines is 9. The third-order valence-electron chi connectivity index (χ3n) is 15.7. The summed E-state index contributed by atoms with van der Waals surface area (Å²) in [7, 11) is -1.77. The molecule has 432 valence electrons. The van der Waals surface area contributed by atoms with Crippen LogP contribution >= 0.6 is 0 Å². The number of amides is 4. The molecule has 13 heteroatoms. The Kier molecular flexibility index (Phi) is 21.0. The maximum Gasteiger partial charge on any atom is 0.234 e. The molecule has 1 N–H and O–H groups in total. The lowest BCUT2D eigenvalue weighted by molar-refractivity contribution is -0.131. The van der Waals surface area contributed by atoms with Crippen molar-refractivity contribution < 1.29 is 32.3 Å². The Morgan fingerprint density at radius 2 is 0.690 bits per heavy atom. The highest BCUT2D eigenvalue weighted by Gasteiger charge is 2.44. The van der Waals surface area contributed by atoms with E-state index in [1.807, 2.05) is 206 Å². The van der Waals surface area contributed by atoms with Gasteiger partial charge in [0.05, 0.1) is 12.9 Å². The summed E-state index contributed by atoms with van der Waals surface area (Å²) in [5.74, 6) is -1.30. The van der Waals surface area contributed by atoms with Crippen molar-refractivity contribution in [2.75, 3.05) is 37.2 Å². The molecule has 0 spiro atoms. The van der Waals surface area contributed by atoms with Gasteiger partial charge in [-0.2, -0.15) is 0 Å². The van der Waals surface area contributed by atoms with Gasteiger partial charge in [-0.15, -0.1) is 0 Å². The summed E-state index contributed by atoms with van der Waals surface area (Å²) in [6.45, 7) is 2.10. The Balaban J connectivity index is 0.000000222. The van der Waals surface area contributed by atoms with Crippen molar-refractivity contribution in [1.82, 2.24) is 0 Å². The van der Waals surface area contributed by atoms with Gasteiger partial charge in [-0.3, -0.25) is 43.5 Å². The highest BCUT2D eigenvalue weighted by atomic mass is 32.2. The summed E-state index contributed by atoms with van der Waals surface area (Å²) in [6, 6.07) is 71.9. The number of nitrogens with one attached hydrogen (secondary N) is 1. The molecule has 0 aromatic heterocycles. The minimum atomic E-state index is -3.39. The smallest absolute Gasteiger partial charge is 0.234 e. The summed E-state index contributed by atoms with van der Waals surface area (Å²) in [6.07, 6.45) is 9.75. The Morgan fingerprint density at radius 1 is 0.393 bits per heavy atom. The number of ether oxygens (including phenoxy) is 1. The molecule has 12 nitrogen and oxygen atoms in total. The van der Waals surface area contributed by atoms with Gasteiger partial charge in [-0.1, -0.05) is 155 Å². The van der Waals surface area contributed by atoms with Crippen LogP contribution in [0, 0.1) is 23.7 Å². The summed E-state index contributed by atoms with van der Waals surface area (Å²) in [5, 5.41) is 0. The predicted molar refractivity (Wildman–Crippen MR) is 339 cm³/mol. The summed E-state index contributed by atoms with van der Waals surface area (Å²) in [4.78, 5) is 65.3. The second-order valence-electron chi connectivity index (χ2n) is 21.6. The molecular formula is C71H75N5O7S. The van der Waals surface area contributed by atoms with E-state index in [4.69, 9.17) is 4.74 Å². The van der Waals surface area contributed by atoms with E-state index in [0.29, 0.717) is 31.4 Å². The summed E-state index contributed by atoms with van der Waals surface area (Å²) >= 11 is 0. The summed E-state index contributed by atoms with van der Waals surface area (Å²) in [5.41, 5.74) is 6.40. The number of hydrogen-bond donors (Lipinski definition) is 1. The van der Waals surface area contributed by atoms with E-state index in [9.17, 15) is 27.6 Å². The van der Waals surface area contributed by atoms with Gasteiger partial charge in [0.1, 0.15) is 5.75 Å². The van der Waals surface area contributed by atoms with Crippen LogP contribution < -0.4 is 29.1 Å². The Labute approximate surface area is 495 Å². The minimum absolute atomic E-state index is 0.00199. The second-order valence-corrected chi connectivity index (χ2v) is 23.4. The molecule has 2 saturated carbocycles. The van der Waals surface area contributed by atoms with Crippen molar-refractivity contribution in [2.45, 2.75) is 84.0 Å². The van der Waals surface area contributed by atoms with Gasteiger partial charge in [0.15, 0.2) is 0 Å². The summed E-state index contributed by atoms with van der Waals surface area (Å²) < 4.78 is 32.7. The maximum atomic E-state index is 14.9. The molecule has 2 aliphatic carbocycles. The zero-order valence-electron chi connectivity index (χ0n) is 48.0. The molecule has 0 saturated heterocycles. The molecule has 2 fully saturated rings. The molecule has 0 atom stereocenters. The molecule has 8 aromatic rings. The van der Waals surface area contributed by atoms with E-state index in [-0.39, 0.29) is 35.3 Å². The molecule has 0 unspecified atom stereocenters. The van der Waals surface area contributed by atoms with Gasteiger partial charge in [-0.05, 0) is 160 Å². The molecule has 0 radical (unpaired) electrons. The standard InChI is InChI=1S/C45H39N3O3.C26H36N2O4S/c49-43(46(37-19-7-1-8-20-37)38-21-9-2-10-22-38)34-31-35(44(50)47(39-23-11-3-12-24-39)40-25-13-4-14-26-40)33-36(32-34)45(51)48(41-27-15-5-16-28-41)42-29-17-6-18-30-42;1-3-4-5-9-20-33(30,31)27-22-12-14-23(15-13-22)28(24-16-18-25(32-2)19-17-24)26(29)21-10-7-6-8-11-21/h1-30,34-36H,31-33H2;12-19,21,27H,3-11,20H2,1-2H3. The van der Waals surface area contributed by atoms with Crippen LogP contribution in [-0.2, 0) is 29.2 Å². The zero-order chi connectivity index (χ0) is 58.7. The Bertz CT molecular complexity index is 3100. The third-order valence-corrected chi connectivity index (χ3v) is 17.0. The number of unbranched alkanes of at least 4 members (excludes halogenated alkanes) is 3. The average Bonchev–Trinajstić information content (AvgIpc) is 3.64. The van der Waals surface area contributed by atoms with Gasteiger partial charge >= 0.3 is 0 Å². The number of para-hydroxylation sites is 6. The molecule has 84 heavy (non-hydrogen) atoms. The van der Waals surface area contributed by atoms with E-state index in [1.165, 1.54) is 6.42 Å². The quantitative estimate of drug-likeness (QED) is 0.0750. The molecule has 8 aromatic carbocycles. The lowest BCUT2D eigenvalue weighted by Gasteiger charge is -2.39. The molecule has 0 heterocycles. The van der Waals surface area contributed by atoms with Crippen molar-refractivity contribution in [1.29, 1.82) is 0 Å². The first-order valence-corrected chi connectivity index (χ1v) is 31.1. The second kappa shape index (κ2) is 29.4. The number of sulfonamides is 1. The molecule has 2 aliphatic rings. The molecule has 4 amide bonds. The van der Waals surface area contributed by atoms with E-state index >= 15 is 0 Å². The molecule has 0 bridgehead atoms. The predicted octanol–water partition coefficient (Wildman–Crippen LogP) is 16.4. The Morgan fingerprint density at radius 3 is 1.00 bits per heavy atom. The van der Waals surface area contributed by atoms with Crippen LogP contribution in [0.4, 0.5) is 51.2 Å². The SMILES string of the molecule is CCCCCCS(=O)(=O)Nc1ccc(N(C(=O)C2CCCCC2)c2ccc(OC)cc2)cc1.O=C(C1CC(C(=O)N(c2ccccc2)c2ccccc2)CC(C(=O)N(c2ccccc2)c2ccccc2)C1)N(c1ccccc1)c1ccccc1. The largest absolute Gasteiger partial charge is 0.497 e. The fraction of sp³-hybridized carbons (Fsp3) is 0.268. The third kappa shape index (κ3) is 15.4. The first kappa shape index (κ1) is 59.8. The first-order valence-electron chi connectivity index (χ1n) is 29.4. The number of carbonyl (C=O) groups excluding carboxylic acids is 4. The molecular weight excluding hydrogens is 1070 g/mol. The van der Waals surface area contributed by atoms with Crippen LogP contribution in [0.5, 0.6) is 5.75 Å².